The molecule has 0 spiro atoms. The highest BCUT2D eigenvalue weighted by Gasteiger charge is 2.48. The van der Waals surface area contributed by atoms with Crippen molar-refractivity contribution in [3.05, 3.63) is 18.6 Å². The third-order valence-corrected chi connectivity index (χ3v) is 3.39. The van der Waals surface area contributed by atoms with E-state index in [9.17, 15) is 0 Å². The van der Waals surface area contributed by atoms with Gasteiger partial charge in [0.15, 0.2) is 0 Å². The Morgan fingerprint density at radius 2 is 2.47 bits per heavy atom. The Balaban J connectivity index is 1.58. The van der Waals surface area contributed by atoms with E-state index < -0.39 is 0 Å². The van der Waals surface area contributed by atoms with Crippen LogP contribution in [0.1, 0.15) is 19.3 Å². The molecule has 1 aromatic rings. The molecular formula is C11H14N2O2. The van der Waals surface area contributed by atoms with Crippen LogP contribution in [0.3, 0.4) is 0 Å². The summed E-state index contributed by atoms with van der Waals surface area (Å²) < 4.78 is 11.2. The van der Waals surface area contributed by atoms with Crippen molar-refractivity contribution < 1.29 is 9.47 Å². The summed E-state index contributed by atoms with van der Waals surface area (Å²) >= 11 is 0. The zero-order valence-electron chi connectivity index (χ0n) is 8.56. The van der Waals surface area contributed by atoms with Crippen LogP contribution in [0.2, 0.25) is 0 Å². The summed E-state index contributed by atoms with van der Waals surface area (Å²) in [4.78, 5) is 7.90. The standard InChI is InChI=1S/C11H14N2O2/c1-3-12-8-13-10(1)15-7-11-2-4-14-9(5-11)6-11/h1,3,8-9H,2,4-7H2. The van der Waals surface area contributed by atoms with Crippen LogP contribution in [0, 0.1) is 5.41 Å². The quantitative estimate of drug-likeness (QED) is 0.750. The second-order valence-corrected chi connectivity index (χ2v) is 4.49. The first-order chi connectivity index (χ1) is 7.36. The minimum Gasteiger partial charge on any atom is -0.477 e. The van der Waals surface area contributed by atoms with Crippen LogP contribution >= 0.6 is 0 Å². The Hall–Kier alpha value is -1.16. The van der Waals surface area contributed by atoms with Gasteiger partial charge in [-0.25, -0.2) is 9.97 Å². The van der Waals surface area contributed by atoms with Gasteiger partial charge in [-0.2, -0.15) is 0 Å². The summed E-state index contributed by atoms with van der Waals surface area (Å²) in [5, 5.41) is 0. The molecule has 0 N–H and O–H groups in total. The van der Waals surface area contributed by atoms with Crippen LogP contribution in [0.15, 0.2) is 18.6 Å². The van der Waals surface area contributed by atoms with E-state index in [2.05, 4.69) is 9.97 Å². The van der Waals surface area contributed by atoms with Crippen molar-refractivity contribution in [3.63, 3.8) is 0 Å². The van der Waals surface area contributed by atoms with Gasteiger partial charge in [0, 0.05) is 24.3 Å². The summed E-state index contributed by atoms with van der Waals surface area (Å²) in [6, 6.07) is 1.80. The van der Waals surface area contributed by atoms with Crippen LogP contribution < -0.4 is 4.74 Å². The van der Waals surface area contributed by atoms with Crippen molar-refractivity contribution in [2.45, 2.75) is 25.4 Å². The van der Waals surface area contributed by atoms with E-state index >= 15 is 0 Å². The van der Waals surface area contributed by atoms with Gasteiger partial charge in [-0.15, -0.1) is 0 Å². The van der Waals surface area contributed by atoms with E-state index in [0.717, 1.165) is 32.5 Å². The number of nitrogens with zero attached hydrogens (tertiary/aromatic N) is 2. The van der Waals surface area contributed by atoms with Crippen LogP contribution in [0.25, 0.3) is 0 Å². The molecule has 1 aromatic heterocycles. The van der Waals surface area contributed by atoms with Gasteiger partial charge in [0.05, 0.1) is 12.7 Å². The topological polar surface area (TPSA) is 44.2 Å². The van der Waals surface area contributed by atoms with E-state index in [-0.39, 0.29) is 0 Å². The summed E-state index contributed by atoms with van der Waals surface area (Å²) in [5.41, 5.74) is 0.369. The van der Waals surface area contributed by atoms with Crippen molar-refractivity contribution in [2.24, 2.45) is 5.41 Å². The van der Waals surface area contributed by atoms with Crippen molar-refractivity contribution in [1.29, 1.82) is 0 Å². The molecule has 4 heteroatoms. The predicted molar refractivity (Wildman–Crippen MR) is 53.6 cm³/mol. The van der Waals surface area contributed by atoms with Crippen molar-refractivity contribution >= 4 is 0 Å². The number of hydrogen-bond donors (Lipinski definition) is 0. The zero-order valence-corrected chi connectivity index (χ0v) is 8.56. The summed E-state index contributed by atoms with van der Waals surface area (Å²) in [7, 11) is 0. The molecule has 0 aromatic carbocycles. The molecule has 3 fully saturated rings. The van der Waals surface area contributed by atoms with E-state index in [1.165, 1.54) is 6.33 Å². The lowest BCUT2D eigenvalue weighted by molar-refractivity contribution is -0.160. The largest absolute Gasteiger partial charge is 0.477 e. The molecule has 2 saturated heterocycles. The zero-order chi connectivity index (χ0) is 10.1. The Labute approximate surface area is 88.6 Å². The molecule has 1 aliphatic carbocycles. The van der Waals surface area contributed by atoms with Gasteiger partial charge in [0.1, 0.15) is 6.33 Å². The van der Waals surface area contributed by atoms with Crippen molar-refractivity contribution in [3.8, 4) is 5.88 Å². The van der Waals surface area contributed by atoms with E-state index in [1.54, 1.807) is 12.3 Å². The third kappa shape index (κ3) is 1.69. The van der Waals surface area contributed by atoms with Crippen LogP contribution in [-0.2, 0) is 4.74 Å². The maximum atomic E-state index is 5.68. The first-order valence-corrected chi connectivity index (χ1v) is 5.37. The molecule has 80 valence electrons. The molecule has 3 heterocycles. The van der Waals surface area contributed by atoms with Gasteiger partial charge in [0.2, 0.25) is 5.88 Å². The maximum absolute atomic E-state index is 5.68. The molecule has 4 nitrogen and oxygen atoms in total. The van der Waals surface area contributed by atoms with Crippen LogP contribution in [-0.4, -0.2) is 29.3 Å². The Bertz CT molecular complexity index is 330. The maximum Gasteiger partial charge on any atom is 0.216 e. The molecule has 0 unspecified atom stereocenters. The highest BCUT2D eigenvalue weighted by molar-refractivity contribution is 5.06. The molecular weight excluding hydrogens is 192 g/mol. The number of ether oxygens (including phenoxy) is 2. The Morgan fingerprint density at radius 1 is 1.53 bits per heavy atom. The minimum atomic E-state index is 0.369. The number of rotatable bonds is 3. The molecule has 1 saturated carbocycles. The van der Waals surface area contributed by atoms with Crippen LogP contribution in [0.4, 0.5) is 0 Å². The molecule has 2 bridgehead atoms. The molecule has 0 atom stereocenters. The van der Waals surface area contributed by atoms with Gasteiger partial charge in [-0.1, -0.05) is 0 Å². The summed E-state index contributed by atoms with van der Waals surface area (Å²) in [6.45, 7) is 1.65. The van der Waals surface area contributed by atoms with Gasteiger partial charge < -0.3 is 9.47 Å². The SMILES string of the molecule is c1cc(OCC23CCOC(C2)C3)ncn1. The number of fused-ring (bicyclic) bond motifs is 2. The minimum absolute atomic E-state index is 0.369. The lowest BCUT2D eigenvalue weighted by Gasteiger charge is -2.51. The fourth-order valence-electron chi connectivity index (χ4n) is 2.45. The predicted octanol–water partition coefficient (Wildman–Crippen LogP) is 1.42. The highest BCUT2D eigenvalue weighted by Crippen LogP contribution is 2.49. The third-order valence-electron chi connectivity index (χ3n) is 3.39. The second-order valence-electron chi connectivity index (χ2n) is 4.49. The fourth-order valence-corrected chi connectivity index (χ4v) is 2.45. The van der Waals surface area contributed by atoms with Crippen molar-refractivity contribution in [2.75, 3.05) is 13.2 Å². The lowest BCUT2D eigenvalue weighted by Crippen LogP contribution is -2.51. The lowest BCUT2D eigenvalue weighted by atomic mass is 9.63. The average Bonchev–Trinajstić information content (AvgIpc) is 2.28. The van der Waals surface area contributed by atoms with E-state index in [0.29, 0.717) is 17.4 Å². The van der Waals surface area contributed by atoms with Crippen LogP contribution in [0.5, 0.6) is 5.88 Å². The molecule has 2 aliphatic heterocycles. The van der Waals surface area contributed by atoms with E-state index in [1.807, 2.05) is 0 Å². The second kappa shape index (κ2) is 3.45. The first kappa shape index (κ1) is 9.09. The normalized spacial score (nSPS) is 33.2. The Kier molecular flexibility index (Phi) is 2.09. The first-order valence-electron chi connectivity index (χ1n) is 5.37. The monoisotopic (exact) mass is 206 g/mol. The average molecular weight is 206 g/mol. The molecule has 4 rings (SSSR count). The van der Waals surface area contributed by atoms with Crippen molar-refractivity contribution in [1.82, 2.24) is 9.97 Å². The molecule has 3 aliphatic rings. The molecule has 15 heavy (non-hydrogen) atoms. The fraction of sp³-hybridized carbons (Fsp3) is 0.636. The smallest absolute Gasteiger partial charge is 0.216 e. The highest BCUT2D eigenvalue weighted by atomic mass is 16.5. The van der Waals surface area contributed by atoms with Gasteiger partial charge >= 0.3 is 0 Å². The molecule has 0 amide bonds. The van der Waals surface area contributed by atoms with Gasteiger partial charge in [-0.05, 0) is 19.3 Å². The van der Waals surface area contributed by atoms with E-state index in [4.69, 9.17) is 9.47 Å². The molecule has 0 radical (unpaired) electrons. The van der Waals surface area contributed by atoms with Gasteiger partial charge in [-0.3, -0.25) is 0 Å². The number of aromatic nitrogens is 2. The number of hydrogen-bond acceptors (Lipinski definition) is 4. The van der Waals surface area contributed by atoms with Gasteiger partial charge in [0.25, 0.3) is 0 Å². The Morgan fingerprint density at radius 3 is 3.13 bits per heavy atom. The summed E-state index contributed by atoms with van der Waals surface area (Å²) in [6.07, 6.45) is 7.13. The summed E-state index contributed by atoms with van der Waals surface area (Å²) in [5.74, 6) is 0.675.